The van der Waals surface area contributed by atoms with Gasteiger partial charge < -0.3 is 20.8 Å². The molecule has 5 rings (SSSR count). The Morgan fingerprint density at radius 2 is 1.95 bits per heavy atom. The highest BCUT2D eigenvalue weighted by Gasteiger charge is 2.73. The van der Waals surface area contributed by atoms with Crippen LogP contribution in [0.1, 0.15) is 76.5 Å². The Balaban J connectivity index is 1.46. The van der Waals surface area contributed by atoms with Gasteiger partial charge in [0, 0.05) is 24.1 Å². The first-order chi connectivity index (χ1) is 18.4. The van der Waals surface area contributed by atoms with Gasteiger partial charge in [-0.05, 0) is 62.7 Å². The van der Waals surface area contributed by atoms with Crippen molar-refractivity contribution in [2.24, 2.45) is 16.6 Å². The lowest BCUT2D eigenvalue weighted by Crippen LogP contribution is -2.40. The first kappa shape index (κ1) is 26.4. The zero-order valence-corrected chi connectivity index (χ0v) is 22.5. The summed E-state index contributed by atoms with van der Waals surface area (Å²) in [6, 6.07) is 10.0. The molecule has 1 aromatic carbocycles. The van der Waals surface area contributed by atoms with E-state index in [-0.39, 0.29) is 17.2 Å². The molecule has 3 heterocycles. The van der Waals surface area contributed by atoms with Crippen LogP contribution in [-0.2, 0) is 9.59 Å². The number of fused-ring (bicyclic) bond motifs is 1. The van der Waals surface area contributed by atoms with E-state index in [4.69, 9.17) is 20.4 Å². The number of nitrogens with zero attached hydrogens (tertiary/aromatic N) is 2. The number of ketones is 1. The van der Waals surface area contributed by atoms with Crippen LogP contribution in [-0.4, -0.2) is 46.8 Å². The number of primary amides is 1. The quantitative estimate of drug-likeness (QED) is 0.294. The number of para-hydroxylation sites is 1. The summed E-state index contributed by atoms with van der Waals surface area (Å²) in [5, 5.41) is 4.45. The van der Waals surface area contributed by atoms with Crippen LogP contribution in [0.15, 0.2) is 36.5 Å². The van der Waals surface area contributed by atoms with Crippen LogP contribution >= 0.6 is 0 Å². The molecular weight excluding hydrogens is 478 g/mol. The Kier molecular flexibility index (Phi) is 7.52. The molecular formula is C30H39N5O3. The molecule has 0 bridgehead atoms. The van der Waals surface area contributed by atoms with Crippen molar-refractivity contribution in [1.29, 1.82) is 0 Å². The maximum Gasteiger partial charge on any atom is 0.224 e. The number of benzene rings is 1. The third-order valence-electron chi connectivity index (χ3n) is 8.97. The molecule has 4 N–H and O–H groups in total. The number of aromatic amines is 1. The fraction of sp³-hybridized carbons (Fsp3) is 0.533. The van der Waals surface area contributed by atoms with Gasteiger partial charge in [0.05, 0.1) is 35.5 Å². The van der Waals surface area contributed by atoms with Gasteiger partial charge in [0.1, 0.15) is 11.6 Å². The number of carbonyl (C=O) groups excluding carboxylic acids is 2. The predicted molar refractivity (Wildman–Crippen MR) is 148 cm³/mol. The number of Topliss-reactive ketones (excluding diaryl/α,β-unsaturated/α-hetero) is 1. The number of amides is 1. The van der Waals surface area contributed by atoms with Gasteiger partial charge >= 0.3 is 0 Å². The Morgan fingerprint density at radius 1 is 1.16 bits per heavy atom. The van der Waals surface area contributed by atoms with Crippen LogP contribution in [0.2, 0.25) is 0 Å². The lowest BCUT2D eigenvalue weighted by Gasteiger charge is -2.33. The minimum Gasteiger partial charge on any atom is -0.480 e. The summed E-state index contributed by atoms with van der Waals surface area (Å²) >= 11 is 0. The molecule has 2 aromatic heterocycles. The predicted octanol–water partition coefficient (Wildman–Crippen LogP) is 4.89. The molecule has 8 heteroatoms. The van der Waals surface area contributed by atoms with Crippen molar-refractivity contribution >= 4 is 22.6 Å². The lowest BCUT2D eigenvalue weighted by molar-refractivity contribution is -0.126. The van der Waals surface area contributed by atoms with Crippen LogP contribution < -0.4 is 15.8 Å². The Morgan fingerprint density at radius 3 is 2.68 bits per heavy atom. The number of nitrogens with one attached hydrogen (secondary N) is 2. The fourth-order valence-corrected chi connectivity index (χ4v) is 6.77. The van der Waals surface area contributed by atoms with Gasteiger partial charge in [-0.2, -0.15) is 0 Å². The number of imidazole rings is 1. The number of pyridine rings is 1. The van der Waals surface area contributed by atoms with Crippen molar-refractivity contribution < 1.29 is 14.3 Å². The summed E-state index contributed by atoms with van der Waals surface area (Å²) in [4.78, 5) is 38.0. The molecule has 8 nitrogen and oxygen atoms in total. The van der Waals surface area contributed by atoms with Crippen molar-refractivity contribution in [2.75, 3.05) is 20.2 Å². The molecule has 1 saturated heterocycles. The van der Waals surface area contributed by atoms with E-state index < -0.39 is 5.41 Å². The van der Waals surface area contributed by atoms with E-state index in [0.29, 0.717) is 24.5 Å². The van der Waals surface area contributed by atoms with E-state index in [1.54, 1.807) is 7.11 Å². The highest BCUT2D eigenvalue weighted by atomic mass is 16.5. The van der Waals surface area contributed by atoms with Crippen molar-refractivity contribution in [1.82, 2.24) is 20.3 Å². The number of hydrogen-bond acceptors (Lipinski definition) is 6. The average Bonchev–Trinajstić information content (AvgIpc) is 3.31. The maximum absolute atomic E-state index is 13.2. The standard InChI is InChI=1S/C30H39N5O3/c1-3-21(36)10-5-4-6-11-23(30(28(31)37)19-29(30)13-15-32-16-14-29)26-33-18-25(34-26)22-17-20-9-7-8-12-24(20)35-27(22)38-2/h7-9,12,17-18,23,32H,3-6,10-11,13-16,19H2,1-2H3,(H2,31,37)(H,33,34)/t23-,30?/m1/s1. The first-order valence-corrected chi connectivity index (χ1v) is 14.0. The van der Waals surface area contributed by atoms with Crippen LogP contribution in [0.4, 0.5) is 0 Å². The summed E-state index contributed by atoms with van der Waals surface area (Å²) in [6.45, 7) is 3.73. The smallest absolute Gasteiger partial charge is 0.224 e. The summed E-state index contributed by atoms with van der Waals surface area (Å²) in [5.74, 6) is 1.32. The van der Waals surface area contributed by atoms with E-state index in [0.717, 1.165) is 86.0 Å². The Bertz CT molecular complexity index is 1310. The molecule has 2 atom stereocenters. The number of H-pyrrole nitrogens is 1. The van der Waals surface area contributed by atoms with Crippen LogP contribution in [0.5, 0.6) is 5.88 Å². The normalized spacial score (nSPS) is 20.9. The molecule has 1 aliphatic heterocycles. The molecule has 202 valence electrons. The number of methoxy groups -OCH3 is 1. The monoisotopic (exact) mass is 517 g/mol. The second kappa shape index (κ2) is 10.8. The number of unbranched alkanes of at least 4 members (excludes halogenated alkanes) is 2. The third-order valence-corrected chi connectivity index (χ3v) is 8.97. The highest BCUT2D eigenvalue weighted by molar-refractivity contribution is 5.87. The van der Waals surface area contributed by atoms with Crippen LogP contribution in [0.25, 0.3) is 22.2 Å². The SMILES string of the molecule is CCC(=O)CCCCC[C@H](c1ncc(-c2cc3ccccc3nc2OC)[nH]1)C1(C(N)=O)CC12CCNCC2. The number of ether oxygens (including phenoxy) is 1. The zero-order valence-electron chi connectivity index (χ0n) is 22.5. The van der Waals surface area contributed by atoms with E-state index in [1.807, 2.05) is 37.4 Å². The fourth-order valence-electron chi connectivity index (χ4n) is 6.77. The van der Waals surface area contributed by atoms with Gasteiger partial charge in [-0.3, -0.25) is 9.59 Å². The molecule has 1 aliphatic carbocycles. The first-order valence-electron chi connectivity index (χ1n) is 14.0. The summed E-state index contributed by atoms with van der Waals surface area (Å²) in [7, 11) is 1.62. The second-order valence-electron chi connectivity index (χ2n) is 11.0. The second-order valence-corrected chi connectivity index (χ2v) is 11.0. The van der Waals surface area contributed by atoms with Crippen LogP contribution in [0.3, 0.4) is 0 Å². The number of piperidine rings is 1. The Labute approximate surface area is 224 Å². The summed E-state index contributed by atoms with van der Waals surface area (Å²) < 4.78 is 5.64. The summed E-state index contributed by atoms with van der Waals surface area (Å²) in [6.07, 6.45) is 9.30. The van der Waals surface area contributed by atoms with E-state index in [2.05, 4.69) is 16.4 Å². The molecule has 1 spiro atoms. The number of nitrogens with two attached hydrogens (primary N) is 1. The summed E-state index contributed by atoms with van der Waals surface area (Å²) in [5.41, 5.74) is 8.06. The zero-order chi connectivity index (χ0) is 26.8. The molecule has 0 radical (unpaired) electrons. The molecule has 1 unspecified atom stereocenters. The Hall–Kier alpha value is -3.26. The van der Waals surface area contributed by atoms with E-state index >= 15 is 0 Å². The van der Waals surface area contributed by atoms with Gasteiger partial charge in [0.25, 0.3) is 0 Å². The molecule has 3 aromatic rings. The van der Waals surface area contributed by atoms with Gasteiger partial charge in [0.2, 0.25) is 11.8 Å². The van der Waals surface area contributed by atoms with E-state index in [1.165, 1.54) is 0 Å². The lowest BCUT2D eigenvalue weighted by atomic mass is 9.74. The number of aromatic nitrogens is 3. The molecule has 38 heavy (non-hydrogen) atoms. The highest BCUT2D eigenvalue weighted by Crippen LogP contribution is 2.74. The van der Waals surface area contributed by atoms with Crippen LogP contribution in [0, 0.1) is 10.8 Å². The van der Waals surface area contributed by atoms with Crippen molar-refractivity contribution in [3.8, 4) is 17.1 Å². The van der Waals surface area contributed by atoms with Gasteiger partial charge in [-0.15, -0.1) is 0 Å². The van der Waals surface area contributed by atoms with Gasteiger partial charge in [0.15, 0.2) is 0 Å². The van der Waals surface area contributed by atoms with Crippen molar-refractivity contribution in [3.05, 3.63) is 42.4 Å². The topological polar surface area (TPSA) is 123 Å². The largest absolute Gasteiger partial charge is 0.480 e. The third kappa shape index (κ3) is 4.70. The number of rotatable bonds is 12. The molecule has 2 aliphatic rings. The number of carbonyl (C=O) groups is 2. The minimum absolute atomic E-state index is 0.0674. The van der Waals surface area contributed by atoms with Gasteiger partial charge in [-0.25, -0.2) is 9.97 Å². The average molecular weight is 518 g/mol. The van der Waals surface area contributed by atoms with Crippen molar-refractivity contribution in [2.45, 2.75) is 70.6 Å². The molecule has 1 amide bonds. The maximum atomic E-state index is 13.2. The van der Waals surface area contributed by atoms with Gasteiger partial charge in [-0.1, -0.05) is 38.0 Å². The van der Waals surface area contributed by atoms with E-state index in [9.17, 15) is 9.59 Å². The minimum atomic E-state index is -0.602. The molecule has 2 fully saturated rings. The number of hydrogen-bond donors (Lipinski definition) is 3. The molecule has 1 saturated carbocycles. The van der Waals surface area contributed by atoms with Crippen molar-refractivity contribution in [3.63, 3.8) is 0 Å².